The van der Waals surface area contributed by atoms with E-state index in [0.717, 1.165) is 10.6 Å². The number of rotatable bonds is 8. The fourth-order valence-corrected chi connectivity index (χ4v) is 5.21. The molecule has 12 heteroatoms. The summed E-state index contributed by atoms with van der Waals surface area (Å²) in [6.45, 7) is 5.07. The molecule has 0 fully saturated rings. The fourth-order valence-electron chi connectivity index (χ4n) is 2.09. The summed E-state index contributed by atoms with van der Waals surface area (Å²) >= 11 is 14.7. The van der Waals surface area contributed by atoms with Gasteiger partial charge in [-0.05, 0) is 25.1 Å². The quantitative estimate of drug-likeness (QED) is 0.360. The molecule has 1 atom stereocenters. The summed E-state index contributed by atoms with van der Waals surface area (Å²) in [7, 11) is -3.82. The van der Waals surface area contributed by atoms with Gasteiger partial charge < -0.3 is 0 Å². The number of hydrogen-bond acceptors (Lipinski definition) is 7. The standard InChI is InChI=1S/C15H16Cl2N4O3S3/c1-4-7-25-15-20-19-14(26-15)18-13(22)9(2)21(27(3,23)24)12-8-10(16)5-6-11(12)17/h4-6,8-9H,1,7H2,2-3H3,(H,18,19,22)/t9-/m1/s1. The highest BCUT2D eigenvalue weighted by Crippen LogP contribution is 2.32. The molecule has 0 aliphatic carbocycles. The van der Waals surface area contributed by atoms with Gasteiger partial charge in [-0.25, -0.2) is 8.42 Å². The molecular weight excluding hydrogens is 451 g/mol. The van der Waals surface area contributed by atoms with Crippen LogP contribution in [-0.2, 0) is 14.8 Å². The lowest BCUT2D eigenvalue weighted by molar-refractivity contribution is -0.116. The number of anilines is 2. The lowest BCUT2D eigenvalue weighted by Crippen LogP contribution is -2.45. The van der Waals surface area contributed by atoms with E-state index >= 15 is 0 Å². The number of carbonyl (C=O) groups is 1. The lowest BCUT2D eigenvalue weighted by Gasteiger charge is -2.28. The maximum Gasteiger partial charge on any atom is 0.249 e. The second-order valence-corrected chi connectivity index (χ2v) is 10.2. The average Bonchev–Trinajstić information content (AvgIpc) is 3.02. The Morgan fingerprint density at radius 3 is 2.78 bits per heavy atom. The van der Waals surface area contributed by atoms with Crippen LogP contribution in [0.4, 0.5) is 10.8 Å². The fraction of sp³-hybridized carbons (Fsp3) is 0.267. The highest BCUT2D eigenvalue weighted by atomic mass is 35.5. The summed E-state index contributed by atoms with van der Waals surface area (Å²) in [5, 5.41) is 11.1. The van der Waals surface area contributed by atoms with E-state index in [0.29, 0.717) is 15.1 Å². The summed E-state index contributed by atoms with van der Waals surface area (Å²) in [6.07, 6.45) is 2.72. The zero-order chi connectivity index (χ0) is 20.2. The molecule has 0 saturated carbocycles. The van der Waals surface area contributed by atoms with Crippen molar-refractivity contribution in [2.75, 3.05) is 21.6 Å². The minimum Gasteiger partial charge on any atom is -0.299 e. The minimum absolute atomic E-state index is 0.119. The molecule has 1 aromatic carbocycles. The molecule has 0 aliphatic heterocycles. The van der Waals surface area contributed by atoms with Crippen LogP contribution in [0.5, 0.6) is 0 Å². The Morgan fingerprint density at radius 1 is 1.44 bits per heavy atom. The second-order valence-electron chi connectivity index (χ2n) is 5.29. The molecule has 0 aliphatic rings. The Kier molecular flexibility index (Phi) is 7.52. The van der Waals surface area contributed by atoms with Gasteiger partial charge in [-0.3, -0.25) is 14.4 Å². The van der Waals surface area contributed by atoms with E-state index in [9.17, 15) is 13.2 Å². The molecule has 146 valence electrons. The predicted octanol–water partition coefficient (Wildman–Crippen LogP) is 3.92. The number of halogens is 2. The summed E-state index contributed by atoms with van der Waals surface area (Å²) < 4.78 is 26.2. The second kappa shape index (κ2) is 9.24. The van der Waals surface area contributed by atoms with Crippen molar-refractivity contribution in [3.63, 3.8) is 0 Å². The first-order valence-electron chi connectivity index (χ1n) is 7.46. The van der Waals surface area contributed by atoms with Gasteiger partial charge in [0.05, 0.1) is 17.0 Å². The maximum atomic E-state index is 12.6. The molecule has 27 heavy (non-hydrogen) atoms. The highest BCUT2D eigenvalue weighted by Gasteiger charge is 2.31. The number of carbonyl (C=O) groups excluding carboxylic acids is 1. The third-order valence-electron chi connectivity index (χ3n) is 3.20. The van der Waals surface area contributed by atoms with Crippen molar-refractivity contribution in [2.24, 2.45) is 0 Å². The van der Waals surface area contributed by atoms with Gasteiger partial charge >= 0.3 is 0 Å². The normalized spacial score (nSPS) is 12.4. The van der Waals surface area contributed by atoms with E-state index in [1.165, 1.54) is 48.2 Å². The third kappa shape index (κ3) is 5.82. The van der Waals surface area contributed by atoms with Crippen LogP contribution in [0.3, 0.4) is 0 Å². The molecule has 7 nitrogen and oxygen atoms in total. The molecule has 0 spiro atoms. The predicted molar refractivity (Wildman–Crippen MR) is 113 cm³/mol. The van der Waals surface area contributed by atoms with E-state index in [1.807, 2.05) is 0 Å². The summed E-state index contributed by atoms with van der Waals surface area (Å²) in [4.78, 5) is 12.6. The van der Waals surface area contributed by atoms with Crippen LogP contribution in [0.1, 0.15) is 6.92 Å². The zero-order valence-electron chi connectivity index (χ0n) is 14.3. The number of thioether (sulfide) groups is 1. The summed E-state index contributed by atoms with van der Waals surface area (Å²) in [5.74, 6) is 0.0848. The summed E-state index contributed by atoms with van der Waals surface area (Å²) in [5.41, 5.74) is 0.119. The van der Waals surface area contributed by atoms with Gasteiger partial charge in [-0.2, -0.15) is 0 Å². The first-order chi connectivity index (χ1) is 12.6. The van der Waals surface area contributed by atoms with Gasteiger partial charge in [0.2, 0.25) is 21.1 Å². The van der Waals surface area contributed by atoms with Gasteiger partial charge in [-0.1, -0.05) is 52.4 Å². The topological polar surface area (TPSA) is 92.3 Å². The van der Waals surface area contributed by atoms with Gasteiger partial charge in [0.25, 0.3) is 0 Å². The van der Waals surface area contributed by atoms with Crippen LogP contribution < -0.4 is 9.62 Å². The van der Waals surface area contributed by atoms with Crippen molar-refractivity contribution < 1.29 is 13.2 Å². The van der Waals surface area contributed by atoms with Crippen LogP contribution >= 0.6 is 46.3 Å². The van der Waals surface area contributed by atoms with Crippen molar-refractivity contribution in [2.45, 2.75) is 17.3 Å². The van der Waals surface area contributed by atoms with Crippen molar-refractivity contribution in [3.8, 4) is 0 Å². The number of aromatic nitrogens is 2. The van der Waals surface area contributed by atoms with Crippen LogP contribution in [0, 0.1) is 0 Å². The SMILES string of the molecule is C=CCSc1nnc(NC(=O)[C@@H](C)N(c2cc(Cl)ccc2Cl)S(C)(=O)=O)s1. The Morgan fingerprint density at radius 2 is 2.15 bits per heavy atom. The van der Waals surface area contributed by atoms with Crippen LogP contribution in [0.2, 0.25) is 10.0 Å². The van der Waals surface area contributed by atoms with Crippen LogP contribution in [-0.4, -0.2) is 42.6 Å². The van der Waals surface area contributed by atoms with E-state index in [-0.39, 0.29) is 15.8 Å². The zero-order valence-corrected chi connectivity index (χ0v) is 18.3. The van der Waals surface area contributed by atoms with Gasteiger partial charge in [0.1, 0.15) is 6.04 Å². The lowest BCUT2D eigenvalue weighted by atomic mass is 10.2. The number of hydrogen-bond donors (Lipinski definition) is 1. The van der Waals surface area contributed by atoms with Gasteiger partial charge in [0, 0.05) is 10.8 Å². The highest BCUT2D eigenvalue weighted by molar-refractivity contribution is 8.01. The molecular formula is C15H16Cl2N4O3S3. The number of benzene rings is 1. The van der Waals surface area contributed by atoms with Crippen molar-refractivity contribution in [3.05, 3.63) is 40.9 Å². The Labute approximate surface area is 175 Å². The number of nitrogens with one attached hydrogen (secondary N) is 1. The van der Waals surface area contributed by atoms with E-state index in [4.69, 9.17) is 23.2 Å². The average molecular weight is 467 g/mol. The largest absolute Gasteiger partial charge is 0.299 e. The maximum absolute atomic E-state index is 12.6. The molecule has 0 bridgehead atoms. The Bertz CT molecular complexity index is 950. The molecule has 2 rings (SSSR count). The van der Waals surface area contributed by atoms with Crippen molar-refractivity contribution >= 4 is 73.0 Å². The Hall–Kier alpha value is -1.33. The molecule has 0 radical (unpaired) electrons. The minimum atomic E-state index is -3.82. The molecule has 1 N–H and O–H groups in total. The monoisotopic (exact) mass is 466 g/mol. The van der Waals surface area contributed by atoms with E-state index in [2.05, 4.69) is 22.1 Å². The van der Waals surface area contributed by atoms with Gasteiger partial charge in [0.15, 0.2) is 4.34 Å². The molecule has 1 amide bonds. The first kappa shape index (κ1) is 22.0. The molecule has 1 heterocycles. The molecule has 0 saturated heterocycles. The number of nitrogens with zero attached hydrogens (tertiary/aromatic N) is 3. The Balaban J connectivity index is 2.26. The summed E-state index contributed by atoms with van der Waals surface area (Å²) in [6, 6.07) is 3.30. The molecule has 1 aromatic heterocycles. The number of amides is 1. The smallest absolute Gasteiger partial charge is 0.249 e. The van der Waals surface area contributed by atoms with E-state index in [1.54, 1.807) is 6.08 Å². The van der Waals surface area contributed by atoms with Crippen LogP contribution in [0.25, 0.3) is 0 Å². The van der Waals surface area contributed by atoms with Crippen LogP contribution in [0.15, 0.2) is 35.2 Å². The van der Waals surface area contributed by atoms with Crippen molar-refractivity contribution in [1.82, 2.24) is 10.2 Å². The van der Waals surface area contributed by atoms with Crippen molar-refractivity contribution in [1.29, 1.82) is 0 Å². The van der Waals surface area contributed by atoms with Gasteiger partial charge in [-0.15, -0.1) is 16.8 Å². The number of sulfonamides is 1. The first-order valence-corrected chi connectivity index (χ1v) is 11.9. The van der Waals surface area contributed by atoms with E-state index < -0.39 is 22.0 Å². The third-order valence-corrected chi connectivity index (χ3v) is 6.95. The molecule has 0 unspecified atom stereocenters. The molecule has 2 aromatic rings.